The van der Waals surface area contributed by atoms with Crippen LogP contribution in [-0.4, -0.2) is 48.1 Å². The summed E-state index contributed by atoms with van der Waals surface area (Å²) in [5, 5.41) is 4.75. The van der Waals surface area contributed by atoms with Gasteiger partial charge in [-0.2, -0.15) is 11.8 Å². The third-order valence-electron chi connectivity index (χ3n) is 5.92. The minimum absolute atomic E-state index is 0.579. The van der Waals surface area contributed by atoms with Gasteiger partial charge in [0.25, 0.3) is 0 Å². The van der Waals surface area contributed by atoms with Crippen molar-refractivity contribution in [3.63, 3.8) is 0 Å². The van der Waals surface area contributed by atoms with Crippen molar-refractivity contribution in [3.05, 3.63) is 0 Å². The molecule has 2 nitrogen and oxygen atoms in total. The van der Waals surface area contributed by atoms with Crippen molar-refractivity contribution in [1.82, 2.24) is 10.2 Å². The molecule has 1 atom stereocenters. The Balaban J connectivity index is 1.57. The molecule has 0 aromatic rings. The minimum atomic E-state index is 0.579. The Kier molecular flexibility index (Phi) is 5.55. The summed E-state index contributed by atoms with van der Waals surface area (Å²) in [4.78, 5) is 2.80. The van der Waals surface area contributed by atoms with Crippen LogP contribution in [0.4, 0.5) is 0 Å². The fourth-order valence-electron chi connectivity index (χ4n) is 4.06. The van der Waals surface area contributed by atoms with E-state index in [-0.39, 0.29) is 0 Å². The largest absolute Gasteiger partial charge is 0.313 e. The lowest BCUT2D eigenvalue weighted by Crippen LogP contribution is -2.49. The predicted octanol–water partition coefficient (Wildman–Crippen LogP) is 3.76. The molecular weight excluding hydrogens is 276 g/mol. The lowest BCUT2D eigenvalue weighted by Gasteiger charge is -2.45. The number of hydrogen-bond acceptors (Lipinski definition) is 3. The highest BCUT2D eigenvalue weighted by atomic mass is 32.2. The molecule has 1 aliphatic heterocycles. The average molecular weight is 311 g/mol. The molecule has 122 valence electrons. The van der Waals surface area contributed by atoms with E-state index in [9.17, 15) is 0 Å². The smallest absolute Gasteiger partial charge is 0.0172 e. The quantitative estimate of drug-likeness (QED) is 0.804. The van der Waals surface area contributed by atoms with Crippen molar-refractivity contribution >= 4 is 11.8 Å². The number of hydrogen-bond donors (Lipinski definition) is 1. The standard InChI is InChI=1S/C18H34N2S/c1-3-17-12-20(10-11-21-17)14-18(13-19-16-4-5-16)8-6-15(2)7-9-18/h15-17,19H,3-14H2,1-2H3. The molecular formula is C18H34N2S. The molecule has 0 aromatic heterocycles. The van der Waals surface area contributed by atoms with Crippen LogP contribution >= 0.6 is 11.8 Å². The molecule has 0 radical (unpaired) electrons. The van der Waals surface area contributed by atoms with Crippen LogP contribution in [0.3, 0.4) is 0 Å². The Morgan fingerprint density at radius 2 is 1.95 bits per heavy atom. The molecule has 0 bridgehead atoms. The fourth-order valence-corrected chi connectivity index (χ4v) is 5.31. The summed E-state index contributed by atoms with van der Waals surface area (Å²) in [7, 11) is 0. The maximum absolute atomic E-state index is 3.86. The second kappa shape index (κ2) is 7.23. The van der Waals surface area contributed by atoms with Gasteiger partial charge in [0.15, 0.2) is 0 Å². The van der Waals surface area contributed by atoms with E-state index in [1.165, 1.54) is 76.9 Å². The molecule has 1 saturated heterocycles. The van der Waals surface area contributed by atoms with Gasteiger partial charge in [0.05, 0.1) is 0 Å². The molecule has 21 heavy (non-hydrogen) atoms. The zero-order valence-electron chi connectivity index (χ0n) is 14.1. The normalized spacial score (nSPS) is 38.6. The highest BCUT2D eigenvalue weighted by Crippen LogP contribution is 2.40. The zero-order chi connectivity index (χ0) is 14.7. The first-order valence-corrected chi connectivity index (χ1v) is 10.3. The highest BCUT2D eigenvalue weighted by molar-refractivity contribution is 8.00. The topological polar surface area (TPSA) is 15.3 Å². The summed E-state index contributed by atoms with van der Waals surface area (Å²) in [6.45, 7) is 10.1. The van der Waals surface area contributed by atoms with E-state index in [0.29, 0.717) is 5.41 Å². The van der Waals surface area contributed by atoms with Crippen LogP contribution in [0.15, 0.2) is 0 Å². The van der Waals surface area contributed by atoms with E-state index in [4.69, 9.17) is 0 Å². The van der Waals surface area contributed by atoms with Gasteiger partial charge in [0.1, 0.15) is 0 Å². The van der Waals surface area contributed by atoms with Crippen LogP contribution < -0.4 is 5.32 Å². The number of nitrogens with one attached hydrogen (secondary N) is 1. The predicted molar refractivity (Wildman–Crippen MR) is 94.1 cm³/mol. The molecule has 1 unspecified atom stereocenters. The molecule has 1 N–H and O–H groups in total. The summed E-state index contributed by atoms with van der Waals surface area (Å²) in [6, 6.07) is 0.863. The monoisotopic (exact) mass is 310 g/mol. The highest BCUT2D eigenvalue weighted by Gasteiger charge is 2.38. The molecule has 1 heterocycles. The molecule has 2 aliphatic carbocycles. The van der Waals surface area contributed by atoms with Crippen molar-refractivity contribution in [2.24, 2.45) is 11.3 Å². The van der Waals surface area contributed by atoms with E-state index in [1.54, 1.807) is 0 Å². The molecule has 2 saturated carbocycles. The maximum Gasteiger partial charge on any atom is 0.0172 e. The van der Waals surface area contributed by atoms with E-state index in [1.807, 2.05) is 0 Å². The number of thioether (sulfide) groups is 1. The van der Waals surface area contributed by atoms with Gasteiger partial charge < -0.3 is 10.2 Å². The van der Waals surface area contributed by atoms with Crippen LogP contribution in [0.5, 0.6) is 0 Å². The minimum Gasteiger partial charge on any atom is -0.313 e. The van der Waals surface area contributed by atoms with Crippen LogP contribution in [-0.2, 0) is 0 Å². The first kappa shape index (κ1) is 16.1. The lowest BCUT2D eigenvalue weighted by atomic mass is 9.70. The van der Waals surface area contributed by atoms with Gasteiger partial charge in [0, 0.05) is 43.2 Å². The van der Waals surface area contributed by atoms with Gasteiger partial charge in [-0.3, -0.25) is 0 Å². The van der Waals surface area contributed by atoms with E-state index in [2.05, 4.69) is 35.8 Å². The molecule has 3 heteroatoms. The van der Waals surface area contributed by atoms with Crippen molar-refractivity contribution < 1.29 is 0 Å². The van der Waals surface area contributed by atoms with Crippen molar-refractivity contribution in [2.75, 3.05) is 31.9 Å². The molecule has 3 aliphatic rings. The van der Waals surface area contributed by atoms with Crippen LogP contribution in [0.25, 0.3) is 0 Å². The summed E-state index contributed by atoms with van der Waals surface area (Å²) in [6.07, 6.45) is 9.99. The van der Waals surface area contributed by atoms with Crippen LogP contribution in [0.1, 0.15) is 58.8 Å². The van der Waals surface area contributed by atoms with Gasteiger partial charge in [0.2, 0.25) is 0 Å². The van der Waals surface area contributed by atoms with Gasteiger partial charge in [-0.15, -0.1) is 0 Å². The Hall–Kier alpha value is 0.270. The molecule has 0 aromatic carbocycles. The van der Waals surface area contributed by atoms with Crippen molar-refractivity contribution in [2.45, 2.75) is 70.1 Å². The Labute approximate surface area is 135 Å². The van der Waals surface area contributed by atoms with Crippen LogP contribution in [0.2, 0.25) is 0 Å². The van der Waals surface area contributed by atoms with E-state index >= 15 is 0 Å². The number of nitrogens with zero attached hydrogens (tertiary/aromatic N) is 1. The third-order valence-corrected chi connectivity index (χ3v) is 7.29. The SMILES string of the molecule is CCC1CN(CC2(CNC3CC3)CCC(C)CC2)CCS1. The average Bonchev–Trinajstić information content (AvgIpc) is 3.33. The lowest BCUT2D eigenvalue weighted by molar-refractivity contribution is 0.0873. The first-order valence-electron chi connectivity index (χ1n) is 9.26. The maximum atomic E-state index is 3.86. The summed E-state index contributed by atoms with van der Waals surface area (Å²) in [5.74, 6) is 2.31. The fraction of sp³-hybridized carbons (Fsp3) is 1.00. The molecule has 3 rings (SSSR count). The van der Waals surface area contributed by atoms with Gasteiger partial charge in [-0.1, -0.05) is 26.7 Å². The molecule has 3 fully saturated rings. The number of rotatable bonds is 6. The Morgan fingerprint density at radius 3 is 2.62 bits per heavy atom. The Bertz CT molecular complexity index is 321. The first-order chi connectivity index (χ1) is 10.2. The zero-order valence-corrected chi connectivity index (χ0v) is 14.9. The van der Waals surface area contributed by atoms with Gasteiger partial charge >= 0.3 is 0 Å². The Morgan fingerprint density at radius 1 is 1.19 bits per heavy atom. The van der Waals surface area contributed by atoms with E-state index in [0.717, 1.165) is 17.2 Å². The van der Waals surface area contributed by atoms with E-state index < -0.39 is 0 Å². The van der Waals surface area contributed by atoms with Gasteiger partial charge in [-0.05, 0) is 43.4 Å². The second-order valence-corrected chi connectivity index (χ2v) is 9.38. The summed E-state index contributed by atoms with van der Waals surface area (Å²) >= 11 is 2.20. The second-order valence-electron chi connectivity index (χ2n) is 7.97. The van der Waals surface area contributed by atoms with Crippen LogP contribution in [0, 0.1) is 11.3 Å². The third kappa shape index (κ3) is 4.62. The molecule has 0 spiro atoms. The van der Waals surface area contributed by atoms with Crippen molar-refractivity contribution in [1.29, 1.82) is 0 Å². The summed E-state index contributed by atoms with van der Waals surface area (Å²) < 4.78 is 0. The molecule has 0 amide bonds. The van der Waals surface area contributed by atoms with Crippen molar-refractivity contribution in [3.8, 4) is 0 Å². The summed E-state index contributed by atoms with van der Waals surface area (Å²) in [5.41, 5.74) is 0.579. The van der Waals surface area contributed by atoms with Gasteiger partial charge in [-0.25, -0.2) is 0 Å².